The van der Waals surface area contributed by atoms with Gasteiger partial charge in [0.25, 0.3) is 0 Å². The summed E-state index contributed by atoms with van der Waals surface area (Å²) < 4.78 is 16.4. The summed E-state index contributed by atoms with van der Waals surface area (Å²) in [4.78, 5) is 23.8. The first-order valence-corrected chi connectivity index (χ1v) is 9.22. The van der Waals surface area contributed by atoms with Crippen LogP contribution in [0.5, 0.6) is 5.75 Å². The third-order valence-corrected chi connectivity index (χ3v) is 4.36. The molecule has 2 heterocycles. The van der Waals surface area contributed by atoms with Crippen LogP contribution in [0.25, 0.3) is 22.5 Å². The van der Waals surface area contributed by atoms with Crippen LogP contribution in [0, 0.1) is 0 Å². The number of rotatable bonds is 6. The molecule has 0 saturated heterocycles. The standard InChI is InChI=1S/C22H19N3O5/c1-13(26)23-15-7-8-19(28-2)17(10-15)24-22(27)12-16-11-21(30-25-16)20-9-14-5-3-4-6-18(14)29-20/h3-11H,12H2,1-2H3,(H,23,26)(H,24,27). The Hall–Kier alpha value is -4.07. The number of methoxy groups -OCH3 is 1. The van der Waals surface area contributed by atoms with Gasteiger partial charge in [-0.1, -0.05) is 23.4 Å². The Bertz CT molecular complexity index is 1190. The number of nitrogens with one attached hydrogen (secondary N) is 2. The number of ether oxygens (including phenoxy) is 1. The van der Waals surface area contributed by atoms with Crippen molar-refractivity contribution >= 4 is 34.2 Å². The smallest absolute Gasteiger partial charge is 0.230 e. The maximum absolute atomic E-state index is 12.5. The molecule has 30 heavy (non-hydrogen) atoms. The fourth-order valence-corrected chi connectivity index (χ4v) is 3.06. The van der Waals surface area contributed by atoms with Crippen LogP contribution in [-0.2, 0) is 16.0 Å². The fraction of sp³-hybridized carbons (Fsp3) is 0.136. The van der Waals surface area contributed by atoms with Crippen LogP contribution in [-0.4, -0.2) is 24.1 Å². The van der Waals surface area contributed by atoms with Gasteiger partial charge >= 0.3 is 0 Å². The van der Waals surface area contributed by atoms with Crippen LogP contribution in [0.1, 0.15) is 12.6 Å². The Kier molecular flexibility index (Phi) is 5.21. The monoisotopic (exact) mass is 405 g/mol. The van der Waals surface area contributed by atoms with E-state index in [1.54, 1.807) is 24.3 Å². The van der Waals surface area contributed by atoms with Crippen LogP contribution in [0.3, 0.4) is 0 Å². The second kappa shape index (κ2) is 8.12. The van der Waals surface area contributed by atoms with Gasteiger partial charge in [-0.3, -0.25) is 9.59 Å². The first-order valence-electron chi connectivity index (χ1n) is 9.22. The molecule has 8 nitrogen and oxygen atoms in total. The van der Waals surface area contributed by atoms with E-state index in [4.69, 9.17) is 13.7 Å². The van der Waals surface area contributed by atoms with Gasteiger partial charge in [0.2, 0.25) is 17.6 Å². The highest BCUT2D eigenvalue weighted by Crippen LogP contribution is 2.29. The predicted octanol–water partition coefficient (Wildman–Crippen LogP) is 4.24. The van der Waals surface area contributed by atoms with Crippen molar-refractivity contribution in [3.8, 4) is 17.3 Å². The molecule has 0 aliphatic carbocycles. The topological polar surface area (TPSA) is 107 Å². The average molecular weight is 405 g/mol. The summed E-state index contributed by atoms with van der Waals surface area (Å²) in [5.74, 6) is 0.940. The second-order valence-electron chi connectivity index (χ2n) is 6.65. The number of carbonyl (C=O) groups excluding carboxylic acids is 2. The van der Waals surface area contributed by atoms with Crippen molar-refractivity contribution in [1.29, 1.82) is 0 Å². The van der Waals surface area contributed by atoms with Crippen molar-refractivity contribution < 1.29 is 23.3 Å². The third-order valence-electron chi connectivity index (χ3n) is 4.36. The van der Waals surface area contributed by atoms with E-state index in [1.807, 2.05) is 30.3 Å². The number of anilines is 2. The van der Waals surface area contributed by atoms with Crippen LogP contribution >= 0.6 is 0 Å². The van der Waals surface area contributed by atoms with Crippen molar-refractivity contribution in [2.24, 2.45) is 0 Å². The van der Waals surface area contributed by atoms with E-state index in [1.165, 1.54) is 14.0 Å². The molecule has 0 aliphatic rings. The second-order valence-corrected chi connectivity index (χ2v) is 6.65. The summed E-state index contributed by atoms with van der Waals surface area (Å²) >= 11 is 0. The molecular weight excluding hydrogens is 386 g/mol. The molecule has 0 spiro atoms. The average Bonchev–Trinajstić information content (AvgIpc) is 3.34. The summed E-state index contributed by atoms with van der Waals surface area (Å²) in [6.45, 7) is 1.41. The molecule has 8 heteroatoms. The molecule has 2 N–H and O–H groups in total. The van der Waals surface area contributed by atoms with E-state index in [9.17, 15) is 9.59 Å². The van der Waals surface area contributed by atoms with Crippen LogP contribution < -0.4 is 15.4 Å². The maximum Gasteiger partial charge on any atom is 0.230 e. The highest BCUT2D eigenvalue weighted by Gasteiger charge is 2.15. The molecule has 2 aromatic carbocycles. The Balaban J connectivity index is 1.48. The molecule has 152 valence electrons. The van der Waals surface area contributed by atoms with Gasteiger partial charge in [0.15, 0.2) is 5.76 Å². The third kappa shape index (κ3) is 4.17. The highest BCUT2D eigenvalue weighted by atomic mass is 16.5. The number of aromatic nitrogens is 1. The summed E-state index contributed by atoms with van der Waals surface area (Å²) in [6, 6.07) is 16.1. The number of fused-ring (bicyclic) bond motifs is 1. The van der Waals surface area contributed by atoms with Crippen LogP contribution in [0.4, 0.5) is 11.4 Å². The maximum atomic E-state index is 12.5. The molecule has 0 bridgehead atoms. The molecule has 4 rings (SSSR count). The summed E-state index contributed by atoms with van der Waals surface area (Å²) in [7, 11) is 1.50. The minimum atomic E-state index is -0.308. The minimum Gasteiger partial charge on any atom is -0.495 e. The van der Waals surface area contributed by atoms with Gasteiger partial charge in [-0.25, -0.2) is 0 Å². The number of carbonyl (C=O) groups is 2. The Morgan fingerprint density at radius 3 is 2.63 bits per heavy atom. The van der Waals surface area contributed by atoms with Crippen molar-refractivity contribution in [3.05, 3.63) is 60.3 Å². The molecule has 0 aliphatic heterocycles. The number of hydrogen-bond donors (Lipinski definition) is 2. The van der Waals surface area contributed by atoms with Gasteiger partial charge in [-0.2, -0.15) is 0 Å². The lowest BCUT2D eigenvalue weighted by Gasteiger charge is -2.12. The SMILES string of the molecule is COc1ccc(NC(C)=O)cc1NC(=O)Cc1cc(-c2cc3ccccc3o2)on1. The van der Waals surface area contributed by atoms with E-state index < -0.39 is 0 Å². The molecule has 2 amide bonds. The zero-order valence-electron chi connectivity index (χ0n) is 16.4. The van der Waals surface area contributed by atoms with Gasteiger partial charge in [0.1, 0.15) is 11.3 Å². The number of nitrogens with zero attached hydrogens (tertiary/aromatic N) is 1. The summed E-state index contributed by atoms with van der Waals surface area (Å²) in [5, 5.41) is 10.4. The van der Waals surface area contributed by atoms with Crippen LogP contribution in [0.2, 0.25) is 0 Å². The molecule has 0 fully saturated rings. The molecule has 4 aromatic rings. The van der Waals surface area contributed by atoms with E-state index in [-0.39, 0.29) is 18.2 Å². The molecular formula is C22H19N3O5. The number of furan rings is 1. The summed E-state index contributed by atoms with van der Waals surface area (Å²) in [6.07, 6.45) is -0.00273. The van der Waals surface area contributed by atoms with Crippen molar-refractivity contribution in [3.63, 3.8) is 0 Å². The van der Waals surface area contributed by atoms with Crippen LogP contribution in [0.15, 0.2) is 63.5 Å². The fourth-order valence-electron chi connectivity index (χ4n) is 3.06. The number of hydrogen-bond acceptors (Lipinski definition) is 6. The number of benzene rings is 2. The predicted molar refractivity (Wildman–Crippen MR) is 111 cm³/mol. The van der Waals surface area contributed by atoms with Gasteiger partial charge in [0, 0.05) is 24.1 Å². The molecule has 0 saturated carbocycles. The van der Waals surface area contributed by atoms with E-state index in [0.29, 0.717) is 34.3 Å². The Morgan fingerprint density at radius 2 is 1.87 bits per heavy atom. The van der Waals surface area contributed by atoms with Gasteiger partial charge in [-0.15, -0.1) is 0 Å². The van der Waals surface area contributed by atoms with Crippen molar-refractivity contribution in [2.45, 2.75) is 13.3 Å². The van der Waals surface area contributed by atoms with E-state index in [0.717, 1.165) is 11.0 Å². The normalized spacial score (nSPS) is 10.7. The largest absolute Gasteiger partial charge is 0.495 e. The van der Waals surface area contributed by atoms with Crippen molar-refractivity contribution in [2.75, 3.05) is 17.7 Å². The minimum absolute atomic E-state index is 0.00273. The molecule has 0 unspecified atom stereocenters. The quantitative estimate of drug-likeness (QED) is 0.497. The highest BCUT2D eigenvalue weighted by molar-refractivity contribution is 5.95. The summed E-state index contributed by atoms with van der Waals surface area (Å²) in [5.41, 5.74) is 2.19. The molecule has 0 radical (unpaired) electrons. The van der Waals surface area contributed by atoms with Gasteiger partial charge in [-0.05, 0) is 30.3 Å². The lowest BCUT2D eigenvalue weighted by molar-refractivity contribution is -0.116. The van der Waals surface area contributed by atoms with E-state index in [2.05, 4.69) is 15.8 Å². The zero-order chi connectivity index (χ0) is 21.1. The van der Waals surface area contributed by atoms with Gasteiger partial charge < -0.3 is 24.3 Å². The first kappa shape index (κ1) is 19.3. The number of para-hydroxylation sites is 1. The lowest BCUT2D eigenvalue weighted by Crippen LogP contribution is -2.15. The number of amides is 2. The van der Waals surface area contributed by atoms with E-state index >= 15 is 0 Å². The van der Waals surface area contributed by atoms with Crippen molar-refractivity contribution in [1.82, 2.24) is 5.16 Å². The molecule has 0 atom stereocenters. The lowest BCUT2D eigenvalue weighted by atomic mass is 10.2. The zero-order valence-corrected chi connectivity index (χ0v) is 16.4. The Morgan fingerprint density at radius 1 is 1.03 bits per heavy atom. The van der Waals surface area contributed by atoms with Gasteiger partial charge in [0.05, 0.1) is 24.9 Å². The molecule has 2 aromatic heterocycles. The first-order chi connectivity index (χ1) is 14.5. The Labute approximate surface area is 171 Å².